The van der Waals surface area contributed by atoms with Gasteiger partial charge in [0.25, 0.3) is 15.7 Å². The van der Waals surface area contributed by atoms with E-state index in [2.05, 4.69) is 20.6 Å². The van der Waals surface area contributed by atoms with Gasteiger partial charge in [-0.2, -0.15) is 0 Å². The van der Waals surface area contributed by atoms with Crippen LogP contribution in [0.4, 0.5) is 22.1 Å². The first kappa shape index (κ1) is 29.1. The fourth-order valence-electron chi connectivity index (χ4n) is 5.20. The smallest absolute Gasteiger partial charge is 0.321 e. The second-order valence-electron chi connectivity index (χ2n) is 10.2. The lowest BCUT2D eigenvalue weighted by Crippen LogP contribution is -2.47. The fourth-order valence-corrected chi connectivity index (χ4v) is 6.78. The summed E-state index contributed by atoms with van der Waals surface area (Å²) in [6, 6.07) is 20.5. The van der Waals surface area contributed by atoms with Crippen molar-refractivity contribution >= 4 is 55.9 Å². The Balaban J connectivity index is 1.23. The molecule has 14 heteroatoms. The molecule has 44 heavy (non-hydrogen) atoms. The number of halogens is 1. The number of nitrogens with zero attached hydrogens (tertiary/aromatic N) is 5. The van der Waals surface area contributed by atoms with Gasteiger partial charge in [0.05, 0.1) is 32.2 Å². The van der Waals surface area contributed by atoms with Crippen LogP contribution < -0.4 is 10.6 Å². The number of carbonyl (C=O) groups excluding carboxylic acids is 1. The number of amides is 2. The highest BCUT2D eigenvalue weighted by Crippen LogP contribution is 2.36. The summed E-state index contributed by atoms with van der Waals surface area (Å²) < 4.78 is 28.4. The number of carbonyl (C=O) groups is 1. The van der Waals surface area contributed by atoms with Crippen molar-refractivity contribution in [2.45, 2.75) is 23.8 Å². The van der Waals surface area contributed by atoms with Crippen molar-refractivity contribution < 1.29 is 18.1 Å². The van der Waals surface area contributed by atoms with E-state index in [1.54, 1.807) is 47.4 Å². The van der Waals surface area contributed by atoms with Gasteiger partial charge in [-0.25, -0.2) is 27.2 Å². The number of fused-ring (bicyclic) bond motifs is 1. The van der Waals surface area contributed by atoms with Gasteiger partial charge in [0.2, 0.25) is 5.95 Å². The maximum atomic E-state index is 13.6. The van der Waals surface area contributed by atoms with Crippen molar-refractivity contribution in [1.29, 1.82) is 0 Å². The van der Waals surface area contributed by atoms with Gasteiger partial charge in [0, 0.05) is 54.1 Å². The standard InChI is InChI=1S/C30H26ClN7O5S/c31-26-17-32-29(33-21-7-6-16-36(18-21)30(39)34-20-12-14-22(15-13-20)38(40)41)35-28(26)25-19-37(27-11-5-4-10-24(25)27)44(42,43)23-8-2-1-3-9-23/h1-5,8-15,17,19,21H,6-7,16,18H2,(H,34,39)(H,32,33,35). The van der Waals surface area contributed by atoms with Crippen molar-refractivity contribution in [1.82, 2.24) is 18.8 Å². The average molecular weight is 632 g/mol. The zero-order valence-corrected chi connectivity index (χ0v) is 24.7. The Bertz CT molecular complexity index is 1970. The van der Waals surface area contributed by atoms with Gasteiger partial charge in [-0.3, -0.25) is 10.1 Å². The third-order valence-corrected chi connectivity index (χ3v) is 9.31. The van der Waals surface area contributed by atoms with E-state index >= 15 is 0 Å². The number of nitro groups is 1. The Morgan fingerprint density at radius 3 is 2.50 bits per heavy atom. The van der Waals surface area contributed by atoms with Crippen LogP contribution in [0.25, 0.3) is 22.2 Å². The number of nitrogens with one attached hydrogen (secondary N) is 2. The molecule has 2 aromatic heterocycles. The molecule has 1 atom stereocenters. The van der Waals surface area contributed by atoms with Gasteiger partial charge < -0.3 is 15.5 Å². The predicted molar refractivity (Wildman–Crippen MR) is 167 cm³/mol. The highest BCUT2D eigenvalue weighted by molar-refractivity contribution is 7.90. The first-order valence-corrected chi connectivity index (χ1v) is 15.5. The number of rotatable bonds is 7. The van der Waals surface area contributed by atoms with Crippen molar-refractivity contribution in [3.05, 3.63) is 106 Å². The van der Waals surface area contributed by atoms with Crippen LogP contribution in [0.3, 0.4) is 0 Å². The summed E-state index contributed by atoms with van der Waals surface area (Å²) in [4.78, 5) is 34.2. The van der Waals surface area contributed by atoms with E-state index in [4.69, 9.17) is 11.6 Å². The lowest BCUT2D eigenvalue weighted by atomic mass is 10.1. The minimum atomic E-state index is -3.90. The number of anilines is 2. The lowest BCUT2D eigenvalue weighted by molar-refractivity contribution is -0.384. The van der Waals surface area contributed by atoms with Crippen LogP contribution in [0.1, 0.15) is 12.8 Å². The topological polar surface area (TPSA) is 152 Å². The van der Waals surface area contributed by atoms with Gasteiger partial charge in [0.1, 0.15) is 0 Å². The number of hydrogen-bond donors (Lipinski definition) is 2. The zero-order chi connectivity index (χ0) is 30.8. The average Bonchev–Trinajstić information content (AvgIpc) is 3.43. The Morgan fingerprint density at radius 1 is 1.02 bits per heavy atom. The third-order valence-electron chi connectivity index (χ3n) is 7.35. The maximum Gasteiger partial charge on any atom is 0.321 e. The van der Waals surface area contributed by atoms with Crippen LogP contribution in [0.2, 0.25) is 5.02 Å². The molecule has 1 unspecified atom stereocenters. The summed E-state index contributed by atoms with van der Waals surface area (Å²) in [5, 5.41) is 17.9. The molecule has 1 aliphatic rings. The summed E-state index contributed by atoms with van der Waals surface area (Å²) in [6.45, 7) is 0.911. The molecular formula is C30H26ClN7O5S. The van der Waals surface area contributed by atoms with Crippen molar-refractivity contribution in [2.75, 3.05) is 23.7 Å². The van der Waals surface area contributed by atoms with E-state index in [9.17, 15) is 23.3 Å². The Kier molecular flexibility index (Phi) is 7.89. The van der Waals surface area contributed by atoms with E-state index in [0.29, 0.717) is 40.9 Å². The van der Waals surface area contributed by atoms with E-state index in [0.717, 1.165) is 12.8 Å². The van der Waals surface area contributed by atoms with E-state index in [1.807, 2.05) is 12.1 Å². The number of aromatic nitrogens is 3. The highest BCUT2D eigenvalue weighted by atomic mass is 35.5. The normalized spacial score (nSPS) is 15.2. The summed E-state index contributed by atoms with van der Waals surface area (Å²) in [7, 11) is -3.90. The van der Waals surface area contributed by atoms with Crippen LogP contribution in [0, 0.1) is 10.1 Å². The number of piperidine rings is 1. The van der Waals surface area contributed by atoms with Crippen molar-refractivity contribution in [3.8, 4) is 11.3 Å². The molecular weight excluding hydrogens is 606 g/mol. The van der Waals surface area contributed by atoms with E-state index in [-0.39, 0.29) is 33.6 Å². The molecule has 0 bridgehead atoms. The predicted octanol–water partition coefficient (Wildman–Crippen LogP) is 6.01. The first-order chi connectivity index (χ1) is 21.2. The van der Waals surface area contributed by atoms with E-state index in [1.165, 1.54) is 40.6 Å². The summed E-state index contributed by atoms with van der Waals surface area (Å²) in [6.07, 6.45) is 4.48. The molecule has 2 amide bonds. The molecule has 12 nitrogen and oxygen atoms in total. The largest absolute Gasteiger partial charge is 0.350 e. The van der Waals surface area contributed by atoms with Gasteiger partial charge in [-0.05, 0) is 43.2 Å². The van der Waals surface area contributed by atoms with Gasteiger partial charge in [0.15, 0.2) is 0 Å². The molecule has 3 heterocycles. The molecule has 3 aromatic carbocycles. The van der Waals surface area contributed by atoms with Gasteiger partial charge in [-0.1, -0.05) is 48.0 Å². The number of benzene rings is 3. The van der Waals surface area contributed by atoms with Gasteiger partial charge in [-0.15, -0.1) is 0 Å². The number of non-ortho nitro benzene ring substituents is 1. The molecule has 5 aromatic rings. The minimum Gasteiger partial charge on any atom is -0.350 e. The molecule has 1 aliphatic heterocycles. The number of urea groups is 1. The highest BCUT2D eigenvalue weighted by Gasteiger charge is 2.26. The molecule has 1 fully saturated rings. The molecule has 0 aliphatic carbocycles. The molecule has 6 rings (SSSR count). The third kappa shape index (κ3) is 5.79. The summed E-state index contributed by atoms with van der Waals surface area (Å²) in [5.41, 5.74) is 1.77. The molecule has 1 saturated heterocycles. The second kappa shape index (κ2) is 11.9. The van der Waals surface area contributed by atoms with Crippen LogP contribution in [0.5, 0.6) is 0 Å². The molecule has 0 spiro atoms. The maximum absolute atomic E-state index is 13.6. The number of para-hydroxylation sites is 1. The van der Waals surface area contributed by atoms with Crippen LogP contribution in [-0.2, 0) is 10.0 Å². The SMILES string of the molecule is O=C(Nc1ccc([N+](=O)[O-])cc1)N1CCCC(Nc2ncc(Cl)c(-c3cn(S(=O)(=O)c4ccccc4)c4ccccc34)n2)C1. The van der Waals surface area contributed by atoms with Crippen molar-refractivity contribution in [2.24, 2.45) is 0 Å². The number of hydrogen-bond acceptors (Lipinski definition) is 8. The van der Waals surface area contributed by atoms with Crippen LogP contribution in [-0.4, -0.2) is 57.3 Å². The summed E-state index contributed by atoms with van der Waals surface area (Å²) in [5.74, 6) is 0.287. The van der Waals surface area contributed by atoms with Crippen LogP contribution >= 0.6 is 11.6 Å². The molecule has 0 radical (unpaired) electrons. The Labute approximate surface area is 257 Å². The molecule has 224 valence electrons. The van der Waals surface area contributed by atoms with Gasteiger partial charge >= 0.3 is 6.03 Å². The van der Waals surface area contributed by atoms with Crippen LogP contribution in [0.15, 0.2) is 96.2 Å². The monoisotopic (exact) mass is 631 g/mol. The molecule has 2 N–H and O–H groups in total. The summed E-state index contributed by atoms with van der Waals surface area (Å²) >= 11 is 6.57. The van der Waals surface area contributed by atoms with E-state index < -0.39 is 14.9 Å². The Morgan fingerprint density at radius 2 is 1.75 bits per heavy atom. The Hall–Kier alpha value is -5.01. The minimum absolute atomic E-state index is 0.0602. The lowest BCUT2D eigenvalue weighted by Gasteiger charge is -2.33. The second-order valence-corrected chi connectivity index (χ2v) is 12.4. The fraction of sp³-hybridized carbons (Fsp3) is 0.167. The zero-order valence-electron chi connectivity index (χ0n) is 23.1. The number of nitro benzene ring substituents is 1. The first-order valence-electron chi connectivity index (χ1n) is 13.7. The number of likely N-dealkylation sites (tertiary alicyclic amines) is 1. The molecule has 0 saturated carbocycles. The van der Waals surface area contributed by atoms with Crippen molar-refractivity contribution in [3.63, 3.8) is 0 Å². The quantitative estimate of drug-likeness (QED) is 0.164.